The molecule has 478 valence electrons. The van der Waals surface area contributed by atoms with Gasteiger partial charge in [0, 0.05) is 96.4 Å². The molecule has 4 heterocycles. The number of hydrogen-bond acceptors (Lipinski definition) is 18. The van der Waals surface area contributed by atoms with E-state index in [4.69, 9.17) is 10.2 Å². The van der Waals surface area contributed by atoms with E-state index in [9.17, 15) is 53.2 Å². The molecule has 18 nitrogen and oxygen atoms in total. The molecule has 5 fully saturated rings. The number of anilines is 9. The predicted octanol–water partition coefficient (Wildman–Crippen LogP) is 11.4. The highest BCUT2D eigenvalue weighted by atomic mass is 31.2. The number of hydrogen-bond donors (Lipinski definition) is 6. The zero-order valence-corrected chi connectivity index (χ0v) is 52.4. The molecule has 4 saturated carbocycles. The van der Waals surface area contributed by atoms with Crippen molar-refractivity contribution in [2.24, 2.45) is 17.8 Å². The third-order valence-corrected chi connectivity index (χ3v) is 20.4. The highest BCUT2D eigenvalue weighted by Crippen LogP contribution is 2.57. The fourth-order valence-electron chi connectivity index (χ4n) is 11.7. The largest absolute Gasteiger partial charge is 0.421 e. The Labute approximate surface area is 505 Å². The molecule has 3 aromatic heterocycles. The van der Waals surface area contributed by atoms with E-state index in [2.05, 4.69) is 56.1 Å². The summed E-state index contributed by atoms with van der Waals surface area (Å²) in [6.45, 7) is 11.2. The molecule has 88 heavy (non-hydrogen) atoms. The smallest absolute Gasteiger partial charge is 0.395 e. The Hall–Kier alpha value is -6.36. The molecule has 1 saturated heterocycles. The number of halogens is 9. The van der Waals surface area contributed by atoms with Crippen molar-refractivity contribution in [1.82, 2.24) is 34.8 Å². The van der Waals surface area contributed by atoms with Crippen LogP contribution in [0.3, 0.4) is 0 Å². The van der Waals surface area contributed by atoms with E-state index in [-0.39, 0.29) is 48.1 Å². The van der Waals surface area contributed by atoms with Gasteiger partial charge in [0.2, 0.25) is 17.8 Å². The Morgan fingerprint density at radius 1 is 0.523 bits per heavy atom. The van der Waals surface area contributed by atoms with Crippen LogP contribution >= 0.6 is 21.4 Å². The second kappa shape index (κ2) is 27.0. The topological polar surface area (TPSA) is 227 Å². The Kier molecular flexibility index (Phi) is 20.7. The Morgan fingerprint density at radius 3 is 1.24 bits per heavy atom. The van der Waals surface area contributed by atoms with Crippen LogP contribution < -0.4 is 47.0 Å². The second-order valence-electron chi connectivity index (χ2n) is 23.9. The van der Waals surface area contributed by atoms with Crippen LogP contribution in [0.4, 0.5) is 91.9 Å². The normalized spacial score (nSPS) is 19.7. The molecule has 3 aromatic carbocycles. The average Bonchev–Trinajstić information content (AvgIpc) is 1.02. The van der Waals surface area contributed by atoms with Crippen LogP contribution in [0.25, 0.3) is 0 Å². The number of piperazine rings is 1. The molecule has 5 aliphatic rings. The van der Waals surface area contributed by atoms with Crippen molar-refractivity contribution in [1.29, 1.82) is 0 Å². The maximum atomic E-state index is 13.8. The molecule has 6 aromatic rings. The maximum Gasteiger partial charge on any atom is 0.421 e. The highest BCUT2D eigenvalue weighted by Gasteiger charge is 2.52. The molecule has 11 rings (SSSR count). The zero-order chi connectivity index (χ0) is 64.2. The van der Waals surface area contributed by atoms with Gasteiger partial charge in [0.1, 0.15) is 55.6 Å². The molecule has 6 N–H and O–H groups in total. The Balaban J connectivity index is 0.000000172. The van der Waals surface area contributed by atoms with E-state index in [1.165, 1.54) is 19.3 Å². The van der Waals surface area contributed by atoms with E-state index in [0.717, 1.165) is 47.2 Å². The third-order valence-electron chi connectivity index (χ3n) is 15.7. The van der Waals surface area contributed by atoms with Crippen molar-refractivity contribution in [2.45, 2.75) is 62.6 Å². The molecule has 0 unspecified atom stereocenters. The number of benzene rings is 3. The standard InChI is InChI=1S/C23H28F3N4OP.C18H23F3N5OP.C17H22F3N4O3P/c1-32(2,31)18-5-3-17(4-6-18)28-21-27-13-19(23(24,25)26)20(29-21)30-22-10-14-7-15(11-22)9-16(8-14)12-22;1-25-8-10-26(11-9-25)16-15(18(19,20)21)12-22-17(24-16)23-13-4-6-14(7-5-13)28(2,3)27;1-28(2,27)13-5-3-12(4-6-13)22-16-21-11-14(17(18,19)20)15(23-16)24(7-9-25)8-10-26/h3-6,13-16H,7-12H2,1-2H3,(H2,27,28,29,30);4-7,12H,8-11H2,1-3H3,(H,22,23,24);3-6,11,25-26H,7-10H2,1-2H3,(H,21,22,23). The fraction of sp³-hybridized carbons (Fsp3) is 0.483. The van der Waals surface area contributed by atoms with Crippen LogP contribution in [-0.4, -0.2) is 150 Å². The predicted molar refractivity (Wildman–Crippen MR) is 328 cm³/mol. The zero-order valence-electron chi connectivity index (χ0n) is 49.7. The average molecular weight is 1300 g/mol. The first-order valence-corrected chi connectivity index (χ1v) is 36.2. The SMILES string of the molecule is CN1CCN(c2nc(Nc3ccc(P(C)(C)=O)cc3)ncc2C(F)(F)F)CC1.CP(C)(=O)c1ccc(Nc2ncc(C(F)(F)F)c(N(CCO)CCO)n2)cc1.CP(C)(=O)c1ccc(Nc2ncc(C(F)(F)F)c(NC34CC5CC(CC(C5)C3)C4)n2)cc1. The lowest BCUT2D eigenvalue weighted by Crippen LogP contribution is -2.55. The molecular weight excluding hydrogens is 1220 g/mol. The number of nitrogens with one attached hydrogen (secondary N) is 4. The van der Waals surface area contributed by atoms with Crippen LogP contribution in [0.5, 0.6) is 0 Å². The number of alkyl halides is 9. The minimum Gasteiger partial charge on any atom is -0.395 e. The van der Waals surface area contributed by atoms with E-state index >= 15 is 0 Å². The van der Waals surface area contributed by atoms with Crippen molar-refractivity contribution >= 4 is 89.7 Å². The van der Waals surface area contributed by atoms with Crippen molar-refractivity contribution in [3.63, 3.8) is 0 Å². The number of rotatable bonds is 17. The fourth-order valence-corrected chi connectivity index (χ4v) is 14.3. The summed E-state index contributed by atoms with van der Waals surface area (Å²) < 4.78 is 158. The molecule has 0 amide bonds. The molecule has 0 atom stereocenters. The number of aromatic nitrogens is 6. The molecule has 0 spiro atoms. The summed E-state index contributed by atoms with van der Waals surface area (Å²) in [6, 6.07) is 20.5. The quantitative estimate of drug-likeness (QED) is 0.0369. The Bertz CT molecular complexity index is 3460. The van der Waals surface area contributed by atoms with Gasteiger partial charge in [-0.3, -0.25) is 0 Å². The third kappa shape index (κ3) is 17.7. The number of aliphatic hydroxyl groups is 2. The van der Waals surface area contributed by atoms with Gasteiger partial charge in [0.05, 0.1) is 13.2 Å². The van der Waals surface area contributed by atoms with Gasteiger partial charge in [-0.25, -0.2) is 15.0 Å². The lowest BCUT2D eigenvalue weighted by Gasteiger charge is -2.57. The van der Waals surface area contributed by atoms with Gasteiger partial charge in [-0.2, -0.15) is 54.5 Å². The van der Waals surface area contributed by atoms with Crippen molar-refractivity contribution < 1.29 is 63.4 Å². The summed E-state index contributed by atoms with van der Waals surface area (Å²) in [7, 11) is -5.24. The van der Waals surface area contributed by atoms with Gasteiger partial charge < -0.3 is 59.9 Å². The number of aliphatic hydroxyl groups excluding tert-OH is 2. The van der Waals surface area contributed by atoms with Crippen LogP contribution in [0, 0.1) is 17.8 Å². The van der Waals surface area contributed by atoms with Crippen LogP contribution in [0.2, 0.25) is 0 Å². The lowest BCUT2D eigenvalue weighted by atomic mass is 9.53. The van der Waals surface area contributed by atoms with Gasteiger partial charge in [0.15, 0.2) is 0 Å². The molecule has 4 bridgehead atoms. The van der Waals surface area contributed by atoms with Crippen LogP contribution in [0.15, 0.2) is 91.4 Å². The van der Waals surface area contributed by atoms with Crippen molar-refractivity contribution in [2.75, 3.05) is 131 Å². The van der Waals surface area contributed by atoms with Gasteiger partial charge in [-0.1, -0.05) is 0 Å². The van der Waals surface area contributed by atoms with Crippen LogP contribution in [0.1, 0.15) is 55.2 Å². The highest BCUT2D eigenvalue weighted by molar-refractivity contribution is 7.70. The molecule has 4 aliphatic carbocycles. The summed E-state index contributed by atoms with van der Waals surface area (Å²) in [5, 5.41) is 32.4. The second-order valence-corrected chi connectivity index (χ2v) is 33.6. The monoisotopic (exact) mass is 1300 g/mol. The summed E-state index contributed by atoms with van der Waals surface area (Å²) in [6.07, 6.45) is -5.03. The van der Waals surface area contributed by atoms with Gasteiger partial charge in [0.25, 0.3) is 0 Å². The number of nitrogens with zero attached hydrogens (tertiary/aromatic N) is 9. The first-order valence-electron chi connectivity index (χ1n) is 28.4. The van der Waals surface area contributed by atoms with Crippen LogP contribution in [-0.2, 0) is 32.2 Å². The maximum absolute atomic E-state index is 13.8. The van der Waals surface area contributed by atoms with E-state index < -0.39 is 75.7 Å². The molecule has 1 aliphatic heterocycles. The van der Waals surface area contributed by atoms with Gasteiger partial charge in [-0.05, 0) is 176 Å². The van der Waals surface area contributed by atoms with Gasteiger partial charge >= 0.3 is 18.5 Å². The van der Waals surface area contributed by atoms with Crippen molar-refractivity contribution in [3.8, 4) is 0 Å². The summed E-state index contributed by atoms with van der Waals surface area (Å²) >= 11 is 0. The summed E-state index contributed by atoms with van der Waals surface area (Å²) in [4.78, 5) is 28.7. The summed E-state index contributed by atoms with van der Waals surface area (Å²) in [5.41, 5.74) is -1.27. The lowest BCUT2D eigenvalue weighted by molar-refractivity contribution is -0.138. The summed E-state index contributed by atoms with van der Waals surface area (Å²) in [5.74, 6) is 1.25. The minimum absolute atomic E-state index is 0.0761. The Morgan fingerprint density at radius 2 is 0.875 bits per heavy atom. The molecule has 0 radical (unpaired) electrons. The first-order chi connectivity index (χ1) is 41.1. The van der Waals surface area contributed by atoms with E-state index in [0.29, 0.717) is 72.5 Å². The first kappa shape index (κ1) is 67.6. The molecule has 30 heteroatoms. The van der Waals surface area contributed by atoms with Crippen molar-refractivity contribution in [3.05, 3.63) is 108 Å². The van der Waals surface area contributed by atoms with E-state index in [1.54, 1.807) is 118 Å². The minimum atomic E-state index is -4.69. The van der Waals surface area contributed by atoms with Gasteiger partial charge in [-0.15, -0.1) is 0 Å². The number of likely N-dealkylation sites (N-methyl/N-ethyl adjacent to an activating group) is 1. The molecular formula is C58H73F9N13O5P3. The van der Waals surface area contributed by atoms with E-state index in [1.807, 2.05) is 7.05 Å².